The number of carbonyl (C=O) groups excluding carboxylic acids is 2. The van der Waals surface area contributed by atoms with Crippen molar-refractivity contribution in [3.8, 4) is 0 Å². The minimum atomic E-state index is -4.67. The first-order valence-corrected chi connectivity index (χ1v) is 21.7. The molecule has 314 valence electrons. The van der Waals surface area contributed by atoms with Crippen LogP contribution in [0.15, 0.2) is 122 Å². The maximum absolute atomic E-state index is 12.6. The summed E-state index contributed by atoms with van der Waals surface area (Å²) >= 11 is 0. The second-order valence-electron chi connectivity index (χ2n) is 13.9. The molecule has 0 aromatic heterocycles. The lowest BCUT2D eigenvalue weighted by Gasteiger charge is -2.28. The number of esters is 2. The number of hydrogen-bond acceptors (Lipinski definition) is 8. The number of carbonyl (C=O) groups is 2. The first kappa shape index (κ1) is 52.4. The highest BCUT2D eigenvalue weighted by molar-refractivity contribution is 7.45. The van der Waals surface area contributed by atoms with Crippen LogP contribution < -0.4 is 4.89 Å². The molecule has 0 aliphatic heterocycles. The van der Waals surface area contributed by atoms with Crippen LogP contribution in [0.3, 0.4) is 0 Å². The molecule has 0 saturated heterocycles. The molecule has 9 nitrogen and oxygen atoms in total. The van der Waals surface area contributed by atoms with E-state index >= 15 is 0 Å². The number of ether oxygens (including phenoxy) is 2. The molecule has 0 heterocycles. The molecule has 0 aromatic carbocycles. The lowest BCUT2D eigenvalue weighted by molar-refractivity contribution is -0.870. The van der Waals surface area contributed by atoms with Crippen LogP contribution in [-0.4, -0.2) is 70.0 Å². The summed E-state index contributed by atoms with van der Waals surface area (Å²) in [5, 5.41) is 0. The van der Waals surface area contributed by atoms with Crippen LogP contribution in [0.25, 0.3) is 0 Å². The molecule has 0 aliphatic carbocycles. The molecule has 0 aliphatic rings. The van der Waals surface area contributed by atoms with Gasteiger partial charge in [0.1, 0.15) is 19.8 Å². The maximum atomic E-state index is 12.6. The fraction of sp³-hybridized carbons (Fsp3) is 0.522. The van der Waals surface area contributed by atoms with Crippen LogP contribution in [0.5, 0.6) is 0 Å². The van der Waals surface area contributed by atoms with Crippen LogP contribution in [0.1, 0.15) is 104 Å². The molecule has 10 heteroatoms. The molecule has 0 aromatic rings. The van der Waals surface area contributed by atoms with E-state index in [0.29, 0.717) is 23.9 Å². The molecule has 0 bridgehead atoms. The predicted octanol–water partition coefficient (Wildman–Crippen LogP) is 10.7. The molecule has 0 saturated carbocycles. The zero-order valence-electron chi connectivity index (χ0n) is 35.0. The summed E-state index contributed by atoms with van der Waals surface area (Å²) in [6, 6.07) is 0. The van der Waals surface area contributed by atoms with Crippen molar-refractivity contribution in [2.24, 2.45) is 0 Å². The molecule has 0 amide bonds. The van der Waals surface area contributed by atoms with Crippen LogP contribution >= 0.6 is 7.82 Å². The Morgan fingerprint density at radius 3 is 1.27 bits per heavy atom. The van der Waals surface area contributed by atoms with Gasteiger partial charge in [0, 0.05) is 12.8 Å². The monoisotopic (exact) mass is 797 g/mol. The molecule has 0 radical (unpaired) electrons. The van der Waals surface area contributed by atoms with Crippen molar-refractivity contribution in [1.29, 1.82) is 0 Å². The van der Waals surface area contributed by atoms with Gasteiger partial charge >= 0.3 is 11.9 Å². The summed E-state index contributed by atoms with van der Waals surface area (Å²) in [7, 11) is 1.06. The quantitative estimate of drug-likeness (QED) is 0.0274. The summed E-state index contributed by atoms with van der Waals surface area (Å²) in [6.45, 7) is 3.77. The molecule has 0 N–H and O–H groups in total. The van der Waals surface area contributed by atoms with E-state index < -0.39 is 32.5 Å². The van der Waals surface area contributed by atoms with Crippen molar-refractivity contribution in [1.82, 2.24) is 0 Å². The number of phosphoric ester groups is 1. The van der Waals surface area contributed by atoms with Crippen molar-refractivity contribution in [2.45, 2.75) is 110 Å². The smallest absolute Gasteiger partial charge is 0.306 e. The van der Waals surface area contributed by atoms with Gasteiger partial charge in [-0.25, -0.2) is 0 Å². The Bertz CT molecular complexity index is 1360. The number of quaternary nitrogens is 1. The van der Waals surface area contributed by atoms with Crippen molar-refractivity contribution < 1.29 is 42.1 Å². The van der Waals surface area contributed by atoms with Gasteiger partial charge in [-0.1, -0.05) is 135 Å². The van der Waals surface area contributed by atoms with Gasteiger partial charge in [-0.05, 0) is 77.0 Å². The van der Waals surface area contributed by atoms with E-state index in [0.717, 1.165) is 64.2 Å². The molecular formula is C46H72NO8P. The van der Waals surface area contributed by atoms with Crippen molar-refractivity contribution >= 4 is 19.8 Å². The standard InChI is InChI=1S/C46H72NO8P/c1-6-8-10-12-14-16-18-20-21-22-23-24-25-27-29-31-33-35-37-39-46(49)55-44(43-54-56(50,51)53-41-40-47(3,4)5)42-52-45(48)38-36-34-32-30-28-26-19-17-15-13-11-9-7-2/h8-11,14-17,20-21,23-24,26-29,32-35,44H,6-7,12-13,18-19,22,25,30-31,36-43H2,1-5H3/b10-8-,11-9-,16-14-,17-15-,21-20-,24-23-,28-26-,29-27-,34-32-,35-33-. The second-order valence-corrected chi connectivity index (χ2v) is 15.3. The fourth-order valence-corrected chi connectivity index (χ4v) is 5.13. The zero-order chi connectivity index (χ0) is 41.4. The Morgan fingerprint density at radius 2 is 0.893 bits per heavy atom. The molecular weight excluding hydrogens is 725 g/mol. The summed E-state index contributed by atoms with van der Waals surface area (Å²) in [5.74, 6) is -1.04. The van der Waals surface area contributed by atoms with Gasteiger partial charge in [0.2, 0.25) is 0 Å². The van der Waals surface area contributed by atoms with Gasteiger partial charge < -0.3 is 27.9 Å². The van der Waals surface area contributed by atoms with E-state index in [9.17, 15) is 19.0 Å². The fourth-order valence-electron chi connectivity index (χ4n) is 4.40. The molecule has 0 fully saturated rings. The Balaban J connectivity index is 4.66. The highest BCUT2D eigenvalue weighted by Crippen LogP contribution is 2.38. The number of allylic oxidation sites excluding steroid dienone is 20. The summed E-state index contributed by atoms with van der Waals surface area (Å²) in [4.78, 5) is 37.4. The first-order chi connectivity index (χ1) is 27.0. The molecule has 56 heavy (non-hydrogen) atoms. The third-order valence-corrected chi connectivity index (χ3v) is 8.47. The Labute approximate surface area is 339 Å². The van der Waals surface area contributed by atoms with Gasteiger partial charge in [0.15, 0.2) is 6.10 Å². The number of hydrogen-bond donors (Lipinski definition) is 0. The Kier molecular flexibility index (Phi) is 34.6. The van der Waals surface area contributed by atoms with E-state index in [-0.39, 0.29) is 26.1 Å². The average molecular weight is 798 g/mol. The van der Waals surface area contributed by atoms with E-state index in [4.69, 9.17) is 18.5 Å². The third kappa shape index (κ3) is 40.1. The van der Waals surface area contributed by atoms with Crippen molar-refractivity contribution in [3.05, 3.63) is 122 Å². The zero-order valence-corrected chi connectivity index (χ0v) is 35.9. The Morgan fingerprint density at radius 1 is 0.536 bits per heavy atom. The minimum absolute atomic E-state index is 0.0625. The van der Waals surface area contributed by atoms with E-state index in [1.807, 2.05) is 45.4 Å². The van der Waals surface area contributed by atoms with Crippen molar-refractivity contribution in [2.75, 3.05) is 47.5 Å². The SMILES string of the molecule is CC/C=C\C/C=C\C/C=C\C/C=C\C/C=C\C/C=C\CCC(=O)OC(COC(=O)CC/C=C\C/C=C\C/C=C\C/C=C\CC)COP(=O)([O-])OCC[N+](C)(C)C. The number of phosphoric acid groups is 1. The van der Waals surface area contributed by atoms with Crippen LogP contribution in [-0.2, 0) is 32.7 Å². The van der Waals surface area contributed by atoms with Crippen molar-refractivity contribution in [3.63, 3.8) is 0 Å². The second kappa shape index (κ2) is 37.0. The van der Waals surface area contributed by atoms with Gasteiger partial charge in [-0.15, -0.1) is 0 Å². The largest absolute Gasteiger partial charge is 0.756 e. The predicted molar refractivity (Wildman–Crippen MR) is 231 cm³/mol. The van der Waals surface area contributed by atoms with Gasteiger partial charge in [-0.3, -0.25) is 14.2 Å². The third-order valence-electron chi connectivity index (χ3n) is 7.50. The normalized spacial score (nSPS) is 14.9. The lowest BCUT2D eigenvalue weighted by atomic mass is 10.2. The summed E-state index contributed by atoms with van der Waals surface area (Å²) in [5.41, 5.74) is 0. The van der Waals surface area contributed by atoms with E-state index in [2.05, 4.69) is 111 Å². The maximum Gasteiger partial charge on any atom is 0.306 e. The van der Waals surface area contributed by atoms with Gasteiger partial charge in [0.05, 0.1) is 27.7 Å². The molecule has 0 spiro atoms. The highest BCUT2D eigenvalue weighted by Gasteiger charge is 2.21. The topological polar surface area (TPSA) is 111 Å². The highest BCUT2D eigenvalue weighted by atomic mass is 31.2. The summed E-state index contributed by atoms with van der Waals surface area (Å²) < 4.78 is 33.6. The van der Waals surface area contributed by atoms with Crippen LogP contribution in [0.2, 0.25) is 0 Å². The number of likely N-dealkylation sites (N-methyl/N-ethyl adjacent to an activating group) is 1. The number of nitrogens with zero attached hydrogens (tertiary/aromatic N) is 1. The van der Waals surface area contributed by atoms with Gasteiger partial charge in [0.25, 0.3) is 7.82 Å². The first-order valence-electron chi connectivity index (χ1n) is 20.2. The number of rotatable bonds is 34. The van der Waals surface area contributed by atoms with Crippen LogP contribution in [0.4, 0.5) is 0 Å². The molecule has 0 rings (SSSR count). The van der Waals surface area contributed by atoms with Crippen LogP contribution in [0, 0.1) is 0 Å². The van der Waals surface area contributed by atoms with E-state index in [1.54, 1.807) is 0 Å². The van der Waals surface area contributed by atoms with Gasteiger partial charge in [-0.2, -0.15) is 0 Å². The minimum Gasteiger partial charge on any atom is -0.756 e. The average Bonchev–Trinajstić information content (AvgIpc) is 3.15. The Hall–Kier alpha value is -3.59. The van der Waals surface area contributed by atoms with E-state index in [1.165, 1.54) is 0 Å². The lowest BCUT2D eigenvalue weighted by Crippen LogP contribution is -2.37. The summed E-state index contributed by atoms with van der Waals surface area (Å²) in [6.07, 6.45) is 51.2. The molecule has 2 unspecified atom stereocenters. The molecule has 2 atom stereocenters.